The SMILES string of the molecule is CCn1c(O)c(N=NC(=O)CNC(=O)c2ccco2)c2ccccc21. The maximum Gasteiger partial charge on any atom is 0.287 e. The number of furan rings is 1. The van der Waals surface area contributed by atoms with Crippen molar-refractivity contribution in [1.82, 2.24) is 9.88 Å². The second kappa shape index (κ2) is 7.00. The van der Waals surface area contributed by atoms with E-state index in [0.29, 0.717) is 11.9 Å². The zero-order valence-corrected chi connectivity index (χ0v) is 13.5. The lowest BCUT2D eigenvalue weighted by Gasteiger charge is -2.01. The van der Waals surface area contributed by atoms with Crippen LogP contribution in [0.2, 0.25) is 0 Å². The Morgan fingerprint density at radius 2 is 2.04 bits per heavy atom. The van der Waals surface area contributed by atoms with Gasteiger partial charge in [0.1, 0.15) is 6.54 Å². The summed E-state index contributed by atoms with van der Waals surface area (Å²) in [5.41, 5.74) is 1.03. The van der Waals surface area contributed by atoms with Gasteiger partial charge in [-0.05, 0) is 25.1 Å². The molecule has 2 heterocycles. The van der Waals surface area contributed by atoms with E-state index in [-0.39, 0.29) is 23.9 Å². The van der Waals surface area contributed by atoms with Crippen molar-refractivity contribution in [2.24, 2.45) is 10.2 Å². The minimum atomic E-state index is -0.646. The van der Waals surface area contributed by atoms with Crippen LogP contribution in [0.1, 0.15) is 17.5 Å². The van der Waals surface area contributed by atoms with Gasteiger partial charge in [0, 0.05) is 11.9 Å². The molecule has 0 saturated carbocycles. The number of nitrogens with one attached hydrogen (secondary N) is 1. The van der Waals surface area contributed by atoms with Gasteiger partial charge >= 0.3 is 0 Å². The molecule has 8 nitrogen and oxygen atoms in total. The summed E-state index contributed by atoms with van der Waals surface area (Å²) in [6.45, 7) is 2.12. The molecule has 2 N–H and O–H groups in total. The zero-order chi connectivity index (χ0) is 17.8. The molecule has 3 rings (SSSR count). The van der Waals surface area contributed by atoms with E-state index in [1.54, 1.807) is 16.7 Å². The molecule has 3 aromatic rings. The molecule has 0 aliphatic heterocycles. The quantitative estimate of drug-likeness (QED) is 0.696. The number of azo groups is 1. The van der Waals surface area contributed by atoms with Crippen LogP contribution in [0.3, 0.4) is 0 Å². The van der Waals surface area contributed by atoms with Gasteiger partial charge in [-0.2, -0.15) is 0 Å². The van der Waals surface area contributed by atoms with Crippen molar-refractivity contribution < 1.29 is 19.1 Å². The molecule has 0 atom stereocenters. The summed E-state index contributed by atoms with van der Waals surface area (Å²) in [4.78, 5) is 23.5. The standard InChI is InChI=1S/C17H16N4O4/c1-2-21-12-7-4-3-6-11(12)15(17(21)24)20-19-14(22)10-18-16(23)13-8-5-9-25-13/h3-9,24H,2,10H2,1H3,(H,18,23). The van der Waals surface area contributed by atoms with E-state index < -0.39 is 11.8 Å². The molecule has 0 saturated heterocycles. The number of carbonyl (C=O) groups is 2. The highest BCUT2D eigenvalue weighted by Crippen LogP contribution is 2.38. The van der Waals surface area contributed by atoms with E-state index in [1.807, 2.05) is 25.1 Å². The third kappa shape index (κ3) is 3.27. The first-order valence-corrected chi connectivity index (χ1v) is 7.68. The highest BCUT2D eigenvalue weighted by atomic mass is 16.3. The third-order valence-corrected chi connectivity index (χ3v) is 3.64. The van der Waals surface area contributed by atoms with Crippen LogP contribution < -0.4 is 5.32 Å². The smallest absolute Gasteiger partial charge is 0.287 e. The Kier molecular flexibility index (Phi) is 4.60. The van der Waals surface area contributed by atoms with Crippen LogP contribution >= 0.6 is 0 Å². The first kappa shape index (κ1) is 16.4. The van der Waals surface area contributed by atoms with Crippen molar-refractivity contribution in [1.29, 1.82) is 0 Å². The van der Waals surface area contributed by atoms with Crippen molar-refractivity contribution in [2.45, 2.75) is 13.5 Å². The second-order valence-corrected chi connectivity index (χ2v) is 5.19. The second-order valence-electron chi connectivity index (χ2n) is 5.19. The van der Waals surface area contributed by atoms with Gasteiger partial charge in [-0.1, -0.05) is 18.2 Å². The maximum absolute atomic E-state index is 11.8. The molecule has 128 valence electrons. The molecule has 25 heavy (non-hydrogen) atoms. The van der Waals surface area contributed by atoms with Crippen LogP contribution in [-0.2, 0) is 11.3 Å². The molecule has 0 aliphatic carbocycles. The van der Waals surface area contributed by atoms with Crippen LogP contribution in [0, 0.1) is 0 Å². The van der Waals surface area contributed by atoms with Crippen molar-refractivity contribution in [3.8, 4) is 5.88 Å². The molecule has 0 unspecified atom stereocenters. The van der Waals surface area contributed by atoms with Crippen LogP contribution in [0.15, 0.2) is 57.3 Å². The number of amides is 2. The number of para-hydroxylation sites is 1. The Bertz CT molecular complexity index is 941. The Labute approximate surface area is 142 Å². The number of fused-ring (bicyclic) bond motifs is 1. The van der Waals surface area contributed by atoms with Gasteiger partial charge < -0.3 is 19.4 Å². The molecule has 8 heteroatoms. The number of nitrogens with zero attached hydrogens (tertiary/aromatic N) is 3. The molecule has 1 aromatic carbocycles. The lowest BCUT2D eigenvalue weighted by molar-refractivity contribution is -0.117. The third-order valence-electron chi connectivity index (χ3n) is 3.64. The highest BCUT2D eigenvalue weighted by Gasteiger charge is 2.16. The molecule has 0 radical (unpaired) electrons. The summed E-state index contributed by atoms with van der Waals surface area (Å²) in [7, 11) is 0. The van der Waals surface area contributed by atoms with Gasteiger partial charge in [-0.3, -0.25) is 9.59 Å². The summed E-state index contributed by atoms with van der Waals surface area (Å²) < 4.78 is 6.60. The maximum atomic E-state index is 11.8. The monoisotopic (exact) mass is 340 g/mol. The average Bonchev–Trinajstić information content (AvgIpc) is 3.24. The van der Waals surface area contributed by atoms with Gasteiger partial charge in [0.05, 0.1) is 11.8 Å². The molecule has 0 spiro atoms. The summed E-state index contributed by atoms with van der Waals surface area (Å²) in [5, 5.41) is 20.8. The van der Waals surface area contributed by atoms with E-state index in [0.717, 1.165) is 5.52 Å². The van der Waals surface area contributed by atoms with Crippen LogP contribution in [-0.4, -0.2) is 28.0 Å². The fourth-order valence-electron chi connectivity index (χ4n) is 2.48. The minimum absolute atomic E-state index is 0.0557. The van der Waals surface area contributed by atoms with Gasteiger partial charge in [0.2, 0.25) is 5.88 Å². The molecule has 0 aliphatic rings. The van der Waals surface area contributed by atoms with Crippen LogP contribution in [0.25, 0.3) is 10.9 Å². The van der Waals surface area contributed by atoms with E-state index >= 15 is 0 Å². The fourth-order valence-corrected chi connectivity index (χ4v) is 2.48. The lowest BCUT2D eigenvalue weighted by Crippen LogP contribution is -2.28. The van der Waals surface area contributed by atoms with E-state index in [4.69, 9.17) is 4.42 Å². The summed E-state index contributed by atoms with van der Waals surface area (Å²) in [6, 6.07) is 10.4. The molecule has 0 fully saturated rings. The van der Waals surface area contributed by atoms with E-state index in [1.165, 1.54) is 12.3 Å². The van der Waals surface area contributed by atoms with E-state index in [2.05, 4.69) is 15.5 Å². The summed E-state index contributed by atoms with van der Waals surface area (Å²) in [5.74, 6) is -1.11. The summed E-state index contributed by atoms with van der Waals surface area (Å²) in [6.07, 6.45) is 1.36. The normalized spacial score (nSPS) is 11.2. The molecular weight excluding hydrogens is 324 g/mol. The molecule has 2 aromatic heterocycles. The number of aromatic nitrogens is 1. The topological polar surface area (TPSA) is 109 Å². The Hall–Kier alpha value is -3.42. The van der Waals surface area contributed by atoms with Gasteiger partial charge in [-0.25, -0.2) is 0 Å². The largest absolute Gasteiger partial charge is 0.493 e. The summed E-state index contributed by atoms with van der Waals surface area (Å²) >= 11 is 0. The number of aromatic hydroxyl groups is 1. The Morgan fingerprint density at radius 3 is 2.76 bits per heavy atom. The lowest BCUT2D eigenvalue weighted by atomic mass is 10.2. The van der Waals surface area contributed by atoms with Crippen LogP contribution in [0.4, 0.5) is 5.69 Å². The molecule has 2 amide bonds. The Balaban J connectivity index is 1.73. The first-order valence-electron chi connectivity index (χ1n) is 7.68. The minimum Gasteiger partial charge on any atom is -0.493 e. The predicted molar refractivity (Wildman–Crippen MR) is 89.8 cm³/mol. The molecule has 0 bridgehead atoms. The first-order chi connectivity index (χ1) is 12.1. The van der Waals surface area contributed by atoms with Gasteiger partial charge in [0.15, 0.2) is 11.4 Å². The van der Waals surface area contributed by atoms with Gasteiger partial charge in [0.25, 0.3) is 11.8 Å². The van der Waals surface area contributed by atoms with Crippen LogP contribution in [0.5, 0.6) is 5.88 Å². The average molecular weight is 340 g/mol. The van der Waals surface area contributed by atoms with Crippen molar-refractivity contribution in [2.75, 3.05) is 6.54 Å². The zero-order valence-electron chi connectivity index (χ0n) is 13.5. The Morgan fingerprint density at radius 1 is 1.24 bits per heavy atom. The number of benzene rings is 1. The van der Waals surface area contributed by atoms with Crippen molar-refractivity contribution in [3.63, 3.8) is 0 Å². The van der Waals surface area contributed by atoms with Crippen molar-refractivity contribution in [3.05, 3.63) is 48.4 Å². The fraction of sp³-hybridized carbons (Fsp3) is 0.176. The number of aryl methyl sites for hydroxylation is 1. The predicted octanol–water partition coefficient (Wildman–Crippen LogP) is 3.00. The van der Waals surface area contributed by atoms with Crippen molar-refractivity contribution >= 4 is 28.4 Å². The van der Waals surface area contributed by atoms with Gasteiger partial charge in [-0.15, -0.1) is 10.2 Å². The number of carbonyl (C=O) groups excluding carboxylic acids is 2. The number of hydrogen-bond donors (Lipinski definition) is 2. The van der Waals surface area contributed by atoms with E-state index in [9.17, 15) is 14.7 Å². The number of hydrogen-bond acceptors (Lipinski definition) is 5. The highest BCUT2D eigenvalue weighted by molar-refractivity contribution is 5.96. The number of rotatable bonds is 5. The molecular formula is C17H16N4O4.